The predicted octanol–water partition coefficient (Wildman–Crippen LogP) is 1.18. The van der Waals surface area contributed by atoms with E-state index in [0.717, 1.165) is 24.3 Å². The van der Waals surface area contributed by atoms with Gasteiger partial charge >= 0.3 is 0 Å². The van der Waals surface area contributed by atoms with Crippen LogP contribution in [0.5, 0.6) is 0 Å². The molecule has 0 fully saturated rings. The first kappa shape index (κ1) is 13.1. The maximum Gasteiger partial charge on any atom is 0.222 e. The van der Waals surface area contributed by atoms with E-state index in [9.17, 15) is 4.79 Å². The van der Waals surface area contributed by atoms with Gasteiger partial charge in [0.2, 0.25) is 5.91 Å². The molecule has 0 aliphatic carbocycles. The molecule has 0 aliphatic heterocycles. The number of rotatable bonds is 7. The fourth-order valence-electron chi connectivity index (χ4n) is 1.40. The summed E-state index contributed by atoms with van der Waals surface area (Å²) in [7, 11) is 0. The number of nitrogens with one attached hydrogen (secondary N) is 1. The van der Waals surface area contributed by atoms with E-state index in [0.29, 0.717) is 13.1 Å². The van der Waals surface area contributed by atoms with E-state index in [-0.39, 0.29) is 11.8 Å². The zero-order chi connectivity index (χ0) is 11.8. The van der Waals surface area contributed by atoms with Gasteiger partial charge in [0.05, 0.1) is 5.01 Å². The number of carbonyl (C=O) groups is 1. The second-order valence-electron chi connectivity index (χ2n) is 3.80. The third kappa shape index (κ3) is 4.72. The summed E-state index contributed by atoms with van der Waals surface area (Å²) in [5.74, 6) is 0.171. The van der Waals surface area contributed by atoms with E-state index in [1.165, 1.54) is 0 Å². The molecule has 90 valence electrons. The molecule has 0 saturated heterocycles. The summed E-state index contributed by atoms with van der Waals surface area (Å²) >= 11 is 1.62. The first-order valence-corrected chi connectivity index (χ1v) is 6.48. The molecule has 4 nitrogen and oxygen atoms in total. The highest BCUT2D eigenvalue weighted by Crippen LogP contribution is 2.06. The molecule has 1 aromatic rings. The molecule has 0 radical (unpaired) electrons. The zero-order valence-corrected chi connectivity index (χ0v) is 10.4. The van der Waals surface area contributed by atoms with Gasteiger partial charge in [-0.3, -0.25) is 4.79 Å². The van der Waals surface area contributed by atoms with Crippen LogP contribution in [0.1, 0.15) is 24.8 Å². The molecule has 16 heavy (non-hydrogen) atoms. The molecule has 0 aliphatic rings. The molecule has 0 spiro atoms. The summed E-state index contributed by atoms with van der Waals surface area (Å²) in [6.07, 6.45) is 4.36. The van der Waals surface area contributed by atoms with Crippen molar-refractivity contribution in [3.63, 3.8) is 0 Å². The topological polar surface area (TPSA) is 68.0 Å². The van der Waals surface area contributed by atoms with Crippen molar-refractivity contribution in [3.05, 3.63) is 16.6 Å². The maximum atomic E-state index is 11.6. The van der Waals surface area contributed by atoms with Crippen molar-refractivity contribution in [3.8, 4) is 0 Å². The van der Waals surface area contributed by atoms with Crippen molar-refractivity contribution in [1.82, 2.24) is 10.3 Å². The third-order valence-electron chi connectivity index (χ3n) is 2.41. The Hall–Kier alpha value is -0.940. The van der Waals surface area contributed by atoms with E-state index in [1.807, 2.05) is 12.3 Å². The largest absolute Gasteiger partial charge is 0.355 e. The van der Waals surface area contributed by atoms with Crippen molar-refractivity contribution in [1.29, 1.82) is 0 Å². The van der Waals surface area contributed by atoms with Crippen LogP contribution in [0.15, 0.2) is 11.6 Å². The van der Waals surface area contributed by atoms with E-state index >= 15 is 0 Å². The lowest BCUT2D eigenvalue weighted by Crippen LogP contribution is -2.31. The van der Waals surface area contributed by atoms with E-state index in [4.69, 9.17) is 5.73 Å². The summed E-state index contributed by atoms with van der Waals surface area (Å²) in [6.45, 7) is 3.25. The Labute approximate surface area is 100 Å². The highest BCUT2D eigenvalue weighted by molar-refractivity contribution is 7.09. The van der Waals surface area contributed by atoms with Crippen LogP contribution in [0.2, 0.25) is 0 Å². The average Bonchev–Trinajstić information content (AvgIpc) is 2.78. The number of hydrogen-bond donors (Lipinski definition) is 2. The Morgan fingerprint density at radius 2 is 2.50 bits per heavy atom. The summed E-state index contributed by atoms with van der Waals surface area (Å²) in [4.78, 5) is 15.8. The van der Waals surface area contributed by atoms with Crippen molar-refractivity contribution >= 4 is 17.2 Å². The van der Waals surface area contributed by atoms with E-state index in [2.05, 4.69) is 10.3 Å². The molecule has 1 aromatic heterocycles. The fourth-order valence-corrected chi connectivity index (χ4v) is 2.02. The Bertz CT molecular complexity index is 300. The van der Waals surface area contributed by atoms with Gasteiger partial charge in [0.15, 0.2) is 0 Å². The Balaban J connectivity index is 2.14. The van der Waals surface area contributed by atoms with Crippen LogP contribution in [0.25, 0.3) is 0 Å². The van der Waals surface area contributed by atoms with Crippen molar-refractivity contribution < 1.29 is 4.79 Å². The highest BCUT2D eigenvalue weighted by atomic mass is 32.1. The van der Waals surface area contributed by atoms with Gasteiger partial charge in [-0.25, -0.2) is 4.98 Å². The van der Waals surface area contributed by atoms with Crippen LogP contribution in [-0.4, -0.2) is 24.0 Å². The van der Waals surface area contributed by atoms with Gasteiger partial charge < -0.3 is 11.1 Å². The standard InChI is InChI=1S/C11H19N3OS/c1-9(3-2-5-12)11(15)14-6-4-10-13-7-8-16-10/h7-9H,2-6,12H2,1H3,(H,14,15). The molecular formula is C11H19N3OS. The van der Waals surface area contributed by atoms with E-state index in [1.54, 1.807) is 17.5 Å². The summed E-state index contributed by atoms with van der Waals surface area (Å²) in [5.41, 5.74) is 5.40. The SMILES string of the molecule is CC(CCCN)C(=O)NCCc1nccs1. The van der Waals surface area contributed by atoms with Crippen LogP contribution in [0.3, 0.4) is 0 Å². The smallest absolute Gasteiger partial charge is 0.222 e. The third-order valence-corrected chi connectivity index (χ3v) is 3.25. The number of nitrogens with zero attached hydrogens (tertiary/aromatic N) is 1. The number of hydrogen-bond acceptors (Lipinski definition) is 4. The van der Waals surface area contributed by atoms with Gasteiger partial charge in [-0.2, -0.15) is 0 Å². The van der Waals surface area contributed by atoms with Crippen molar-refractivity contribution in [2.45, 2.75) is 26.2 Å². The molecule has 5 heteroatoms. The Morgan fingerprint density at radius 1 is 1.69 bits per heavy atom. The molecule has 1 heterocycles. The van der Waals surface area contributed by atoms with Crippen molar-refractivity contribution in [2.75, 3.05) is 13.1 Å². The van der Waals surface area contributed by atoms with Gasteiger partial charge in [-0.05, 0) is 19.4 Å². The number of amides is 1. The molecule has 0 bridgehead atoms. The zero-order valence-electron chi connectivity index (χ0n) is 9.61. The minimum Gasteiger partial charge on any atom is -0.355 e. The highest BCUT2D eigenvalue weighted by Gasteiger charge is 2.11. The average molecular weight is 241 g/mol. The van der Waals surface area contributed by atoms with Gasteiger partial charge in [0.1, 0.15) is 0 Å². The number of thiazole rings is 1. The molecule has 0 saturated carbocycles. The first-order chi connectivity index (χ1) is 7.74. The van der Waals surface area contributed by atoms with Gasteiger partial charge in [0.25, 0.3) is 0 Å². The molecule has 1 amide bonds. The van der Waals surface area contributed by atoms with Gasteiger partial charge in [0, 0.05) is 30.5 Å². The van der Waals surface area contributed by atoms with Crippen molar-refractivity contribution in [2.24, 2.45) is 11.7 Å². The van der Waals surface area contributed by atoms with Crippen LogP contribution in [0, 0.1) is 5.92 Å². The fraction of sp³-hybridized carbons (Fsp3) is 0.636. The molecule has 1 rings (SSSR count). The minimum atomic E-state index is 0.0554. The Morgan fingerprint density at radius 3 is 3.12 bits per heavy atom. The normalized spacial score (nSPS) is 12.4. The van der Waals surface area contributed by atoms with E-state index < -0.39 is 0 Å². The summed E-state index contributed by atoms with van der Waals surface area (Å²) in [6, 6.07) is 0. The number of carbonyl (C=O) groups excluding carboxylic acids is 1. The molecule has 3 N–H and O–H groups in total. The van der Waals surface area contributed by atoms with Crippen LogP contribution >= 0.6 is 11.3 Å². The predicted molar refractivity (Wildman–Crippen MR) is 66.3 cm³/mol. The first-order valence-electron chi connectivity index (χ1n) is 5.60. The maximum absolute atomic E-state index is 11.6. The second-order valence-corrected chi connectivity index (χ2v) is 4.78. The monoisotopic (exact) mass is 241 g/mol. The number of aromatic nitrogens is 1. The quantitative estimate of drug-likeness (QED) is 0.753. The van der Waals surface area contributed by atoms with Crippen LogP contribution in [0.4, 0.5) is 0 Å². The second kappa shape index (κ2) is 7.35. The van der Waals surface area contributed by atoms with Gasteiger partial charge in [-0.1, -0.05) is 6.92 Å². The molecule has 1 unspecified atom stereocenters. The lowest BCUT2D eigenvalue weighted by Gasteiger charge is -2.10. The van der Waals surface area contributed by atoms with Crippen LogP contribution in [-0.2, 0) is 11.2 Å². The van der Waals surface area contributed by atoms with Crippen LogP contribution < -0.4 is 11.1 Å². The van der Waals surface area contributed by atoms with Gasteiger partial charge in [-0.15, -0.1) is 11.3 Å². The lowest BCUT2D eigenvalue weighted by molar-refractivity contribution is -0.124. The molecule has 0 aromatic carbocycles. The summed E-state index contributed by atoms with van der Waals surface area (Å²) in [5, 5.41) is 5.93. The molecule has 1 atom stereocenters. The Kier molecular flexibility index (Phi) is 6.03. The summed E-state index contributed by atoms with van der Waals surface area (Å²) < 4.78 is 0. The number of nitrogens with two attached hydrogens (primary N) is 1. The molecular weight excluding hydrogens is 222 g/mol. The minimum absolute atomic E-state index is 0.0554. The lowest BCUT2D eigenvalue weighted by atomic mass is 10.1.